The molecule has 0 aromatic carbocycles. The van der Waals surface area contributed by atoms with Crippen LogP contribution in [0, 0.1) is 12.8 Å². The van der Waals surface area contributed by atoms with Crippen molar-refractivity contribution in [1.29, 1.82) is 0 Å². The number of carbonyl (C=O) groups excluding carboxylic acids is 2. The van der Waals surface area contributed by atoms with Gasteiger partial charge in [-0.3, -0.25) is 14.3 Å². The Bertz CT molecular complexity index is 1080. The molecule has 36 heavy (non-hydrogen) atoms. The zero-order chi connectivity index (χ0) is 25.1. The molecular weight excluding hydrogens is 456 g/mol. The highest BCUT2D eigenvalue weighted by atomic mass is 16.5. The second kappa shape index (κ2) is 11.0. The van der Waals surface area contributed by atoms with Crippen LogP contribution in [0.15, 0.2) is 12.3 Å². The summed E-state index contributed by atoms with van der Waals surface area (Å²) in [4.78, 5) is 26.6. The second-order valence-corrected chi connectivity index (χ2v) is 10.7. The lowest BCUT2D eigenvalue weighted by molar-refractivity contribution is -0.119. The van der Waals surface area contributed by atoms with Crippen LogP contribution >= 0.6 is 0 Å². The van der Waals surface area contributed by atoms with E-state index in [4.69, 9.17) is 9.84 Å². The van der Waals surface area contributed by atoms with E-state index in [0.717, 1.165) is 76.3 Å². The maximum atomic E-state index is 13.4. The third-order valence-corrected chi connectivity index (χ3v) is 8.10. The number of ether oxygens (including phenoxy) is 1. The molecule has 0 radical (unpaired) electrons. The number of rotatable bonds is 7. The Labute approximate surface area is 213 Å². The van der Waals surface area contributed by atoms with Crippen LogP contribution in [-0.2, 0) is 24.2 Å². The van der Waals surface area contributed by atoms with Crippen molar-refractivity contribution in [2.24, 2.45) is 5.92 Å². The van der Waals surface area contributed by atoms with Crippen molar-refractivity contribution in [2.45, 2.75) is 96.7 Å². The molecule has 1 saturated carbocycles. The molecule has 9 nitrogen and oxygen atoms in total. The Morgan fingerprint density at radius 2 is 1.89 bits per heavy atom. The van der Waals surface area contributed by atoms with Crippen molar-refractivity contribution in [2.75, 3.05) is 13.1 Å². The van der Waals surface area contributed by atoms with E-state index in [9.17, 15) is 9.59 Å². The number of carbonyl (C=O) groups is 2. The van der Waals surface area contributed by atoms with Crippen molar-refractivity contribution in [3.63, 3.8) is 0 Å². The highest BCUT2D eigenvalue weighted by molar-refractivity contribution is 5.94. The molecule has 0 bridgehead atoms. The first-order valence-corrected chi connectivity index (χ1v) is 13.6. The minimum Gasteiger partial charge on any atom is -0.473 e. The minimum atomic E-state index is -0.00190. The van der Waals surface area contributed by atoms with Gasteiger partial charge in [-0.25, -0.2) is 0 Å². The van der Waals surface area contributed by atoms with E-state index in [-0.39, 0.29) is 24.0 Å². The van der Waals surface area contributed by atoms with E-state index in [0.29, 0.717) is 30.6 Å². The first kappa shape index (κ1) is 24.7. The van der Waals surface area contributed by atoms with Crippen LogP contribution in [0.1, 0.15) is 85.6 Å². The zero-order valence-electron chi connectivity index (χ0n) is 21.5. The molecule has 3 aliphatic rings. The van der Waals surface area contributed by atoms with Crippen LogP contribution in [-0.4, -0.2) is 61.9 Å². The Balaban J connectivity index is 1.14. The van der Waals surface area contributed by atoms with Gasteiger partial charge in [0.15, 0.2) is 5.69 Å². The zero-order valence-corrected chi connectivity index (χ0v) is 21.5. The highest BCUT2D eigenvalue weighted by Gasteiger charge is 2.31. The molecule has 1 aliphatic heterocycles. The molecule has 2 aromatic heterocycles. The number of nitrogens with zero attached hydrogens (tertiary/aromatic N) is 5. The van der Waals surface area contributed by atoms with Gasteiger partial charge in [0.2, 0.25) is 11.8 Å². The molecule has 2 fully saturated rings. The van der Waals surface area contributed by atoms with Crippen LogP contribution in [0.2, 0.25) is 0 Å². The molecule has 2 aliphatic carbocycles. The minimum absolute atomic E-state index is 0.00190. The van der Waals surface area contributed by atoms with Crippen molar-refractivity contribution in [3.05, 3.63) is 34.8 Å². The standard InChI is InChI=1S/C27H38N6O3/c1-18-10-14-28-30-26(18)36-22-8-6-20(7-9-22)11-17-33-24-5-3-4-23(24)25(31-33)27(35)32-15-12-21(13-16-32)29-19(2)34/h10,14,20-22H,3-9,11-13,15-17H2,1-2H3,(H,29,34)/t20-,22+. The normalized spacial score (nSPS) is 22.3. The van der Waals surface area contributed by atoms with Gasteiger partial charge >= 0.3 is 0 Å². The summed E-state index contributed by atoms with van der Waals surface area (Å²) in [7, 11) is 0. The van der Waals surface area contributed by atoms with E-state index in [1.165, 1.54) is 11.3 Å². The second-order valence-electron chi connectivity index (χ2n) is 10.7. The van der Waals surface area contributed by atoms with E-state index < -0.39 is 0 Å². The molecule has 2 amide bonds. The number of nitrogens with one attached hydrogen (secondary N) is 1. The van der Waals surface area contributed by atoms with Crippen LogP contribution in [0.3, 0.4) is 0 Å². The van der Waals surface area contributed by atoms with Crippen molar-refractivity contribution in [1.82, 2.24) is 30.2 Å². The molecule has 9 heteroatoms. The van der Waals surface area contributed by atoms with Gasteiger partial charge < -0.3 is 15.0 Å². The summed E-state index contributed by atoms with van der Waals surface area (Å²) in [5.41, 5.74) is 4.13. The molecule has 0 atom stereocenters. The van der Waals surface area contributed by atoms with Gasteiger partial charge in [0.05, 0.1) is 6.20 Å². The average Bonchev–Trinajstić information content (AvgIpc) is 3.48. The van der Waals surface area contributed by atoms with Gasteiger partial charge in [-0.15, -0.1) is 5.10 Å². The van der Waals surface area contributed by atoms with Gasteiger partial charge in [-0.05, 0) is 83.1 Å². The summed E-state index contributed by atoms with van der Waals surface area (Å²) < 4.78 is 8.25. The van der Waals surface area contributed by atoms with Gasteiger partial charge in [0.1, 0.15) is 6.10 Å². The summed E-state index contributed by atoms with van der Waals surface area (Å²) in [6, 6.07) is 2.10. The number of aryl methyl sites for hydroxylation is 2. The summed E-state index contributed by atoms with van der Waals surface area (Å²) in [5, 5.41) is 15.9. The molecule has 1 saturated heterocycles. The number of fused-ring (bicyclic) bond motifs is 1. The molecule has 194 valence electrons. The molecular formula is C27H38N6O3. The molecule has 0 spiro atoms. The van der Waals surface area contributed by atoms with Gasteiger partial charge in [-0.1, -0.05) is 0 Å². The van der Waals surface area contributed by atoms with Crippen molar-refractivity contribution < 1.29 is 14.3 Å². The molecule has 2 aromatic rings. The van der Waals surface area contributed by atoms with Crippen molar-refractivity contribution >= 4 is 11.8 Å². The van der Waals surface area contributed by atoms with Gasteiger partial charge in [-0.2, -0.15) is 10.2 Å². The predicted octanol–water partition coefficient (Wildman–Crippen LogP) is 3.24. The Hall–Kier alpha value is -2.97. The molecule has 3 heterocycles. The number of piperidine rings is 1. The lowest BCUT2D eigenvalue weighted by atomic mass is 9.85. The number of hydrogen-bond donors (Lipinski definition) is 1. The molecule has 5 rings (SSSR count). The quantitative estimate of drug-likeness (QED) is 0.634. The van der Waals surface area contributed by atoms with Crippen LogP contribution in [0.5, 0.6) is 5.88 Å². The third-order valence-electron chi connectivity index (χ3n) is 8.10. The fourth-order valence-corrected chi connectivity index (χ4v) is 6.03. The Morgan fingerprint density at radius 1 is 1.11 bits per heavy atom. The van der Waals surface area contributed by atoms with Crippen LogP contribution in [0.25, 0.3) is 0 Å². The lowest BCUT2D eigenvalue weighted by Crippen LogP contribution is -2.46. The maximum absolute atomic E-state index is 13.4. The maximum Gasteiger partial charge on any atom is 0.274 e. The number of hydrogen-bond acceptors (Lipinski definition) is 6. The summed E-state index contributed by atoms with van der Waals surface area (Å²) in [6.07, 6.45) is 12.0. The third kappa shape index (κ3) is 5.55. The summed E-state index contributed by atoms with van der Waals surface area (Å²) in [5.74, 6) is 1.37. The Morgan fingerprint density at radius 3 is 2.61 bits per heavy atom. The average molecular weight is 495 g/mol. The number of aromatic nitrogens is 4. The fourth-order valence-electron chi connectivity index (χ4n) is 6.03. The largest absolute Gasteiger partial charge is 0.473 e. The molecule has 1 N–H and O–H groups in total. The first-order chi connectivity index (χ1) is 17.5. The SMILES string of the molecule is CC(=O)NC1CCN(C(=O)c2nn(CC[C@H]3CC[C@@H](Oc4nnccc4C)CC3)c3c2CCC3)CC1. The lowest BCUT2D eigenvalue weighted by Gasteiger charge is -2.32. The highest BCUT2D eigenvalue weighted by Crippen LogP contribution is 2.32. The van der Waals surface area contributed by atoms with E-state index >= 15 is 0 Å². The van der Waals surface area contributed by atoms with E-state index in [1.54, 1.807) is 13.1 Å². The monoisotopic (exact) mass is 494 g/mol. The predicted molar refractivity (Wildman–Crippen MR) is 135 cm³/mol. The van der Waals surface area contributed by atoms with E-state index in [1.807, 2.05) is 17.9 Å². The van der Waals surface area contributed by atoms with E-state index in [2.05, 4.69) is 20.2 Å². The molecule has 0 unspecified atom stereocenters. The first-order valence-electron chi connectivity index (χ1n) is 13.6. The smallest absolute Gasteiger partial charge is 0.274 e. The van der Waals surface area contributed by atoms with Crippen molar-refractivity contribution in [3.8, 4) is 5.88 Å². The van der Waals surface area contributed by atoms with Gasteiger partial charge in [0.25, 0.3) is 5.91 Å². The summed E-state index contributed by atoms with van der Waals surface area (Å²) >= 11 is 0. The van der Waals surface area contributed by atoms with Crippen LogP contribution < -0.4 is 10.1 Å². The Kier molecular flexibility index (Phi) is 7.53. The van der Waals surface area contributed by atoms with Crippen LogP contribution in [0.4, 0.5) is 0 Å². The number of amides is 2. The number of likely N-dealkylation sites (tertiary alicyclic amines) is 1. The van der Waals surface area contributed by atoms with Gasteiger partial charge in [0, 0.05) is 49.4 Å². The fraction of sp³-hybridized carbons (Fsp3) is 0.667. The summed E-state index contributed by atoms with van der Waals surface area (Å²) in [6.45, 7) is 5.77. The topological polar surface area (TPSA) is 102 Å².